The van der Waals surface area contributed by atoms with Crippen LogP contribution >= 0.6 is 0 Å². The van der Waals surface area contributed by atoms with Crippen LogP contribution in [0.2, 0.25) is 0 Å². The van der Waals surface area contributed by atoms with Gasteiger partial charge in [-0.2, -0.15) is 8.42 Å². The van der Waals surface area contributed by atoms with Crippen molar-refractivity contribution >= 4 is 21.8 Å². The molecular weight excluding hydrogens is 320 g/mol. The molecule has 7 nitrogen and oxygen atoms in total. The summed E-state index contributed by atoms with van der Waals surface area (Å²) in [6.07, 6.45) is 0. The number of amides is 1. The summed E-state index contributed by atoms with van der Waals surface area (Å²) in [6.45, 7) is -0.270. The minimum atomic E-state index is -3.87. The lowest BCUT2D eigenvalue weighted by Gasteiger charge is -2.17. The van der Waals surface area contributed by atoms with Gasteiger partial charge in [-0.05, 0) is 35.9 Å². The van der Waals surface area contributed by atoms with Gasteiger partial charge in [0.25, 0.3) is 5.91 Å². The minimum absolute atomic E-state index is 0.0839. The number of hydrogen-bond donors (Lipinski definition) is 2. The summed E-state index contributed by atoms with van der Waals surface area (Å²) in [5, 5.41) is 9.63. The van der Waals surface area contributed by atoms with E-state index in [0.29, 0.717) is 22.6 Å². The van der Waals surface area contributed by atoms with E-state index in [1.807, 2.05) is 4.72 Å². The zero-order chi connectivity index (χ0) is 16.6. The number of nitrogens with zero attached hydrogens (tertiary/aromatic N) is 1. The normalized spacial score (nSPS) is 16.2. The fourth-order valence-corrected chi connectivity index (χ4v) is 3.57. The Labute approximate surface area is 133 Å². The minimum Gasteiger partial charge on any atom is -0.508 e. The molecule has 1 saturated heterocycles. The Morgan fingerprint density at radius 1 is 1.22 bits per heavy atom. The fourth-order valence-electron chi connectivity index (χ4n) is 2.43. The molecule has 3 rings (SSSR count). The summed E-state index contributed by atoms with van der Waals surface area (Å²) in [5.74, 6) is 0.0237. The number of ether oxygens (including phenoxy) is 1. The second kappa shape index (κ2) is 5.47. The maximum Gasteiger partial charge on any atom is 0.326 e. The van der Waals surface area contributed by atoms with Gasteiger partial charge < -0.3 is 9.84 Å². The SMILES string of the molecule is COc1ccc(N2CC(=O)NS2(=O)=O)cc1-c1cccc(O)c1. The second-order valence-corrected chi connectivity index (χ2v) is 6.57. The second-order valence-electron chi connectivity index (χ2n) is 4.97. The third-order valence-corrected chi connectivity index (χ3v) is 4.85. The van der Waals surface area contributed by atoms with Crippen molar-refractivity contribution in [1.29, 1.82) is 0 Å². The summed E-state index contributed by atoms with van der Waals surface area (Å²) < 4.78 is 32.1. The number of phenols is 1. The van der Waals surface area contributed by atoms with Gasteiger partial charge in [0.2, 0.25) is 0 Å². The van der Waals surface area contributed by atoms with E-state index in [4.69, 9.17) is 4.74 Å². The lowest BCUT2D eigenvalue weighted by molar-refractivity contribution is -0.117. The fraction of sp³-hybridized carbons (Fsp3) is 0.133. The number of anilines is 1. The molecule has 0 unspecified atom stereocenters. The molecule has 8 heteroatoms. The van der Waals surface area contributed by atoms with Crippen molar-refractivity contribution < 1.29 is 23.1 Å². The quantitative estimate of drug-likeness (QED) is 0.881. The van der Waals surface area contributed by atoms with Gasteiger partial charge in [0.05, 0.1) is 12.8 Å². The van der Waals surface area contributed by atoms with Crippen molar-refractivity contribution in [2.45, 2.75) is 0 Å². The first kappa shape index (κ1) is 15.2. The van der Waals surface area contributed by atoms with Crippen LogP contribution in [0.5, 0.6) is 11.5 Å². The Bertz CT molecular complexity index is 879. The first-order valence-corrected chi connectivity index (χ1v) is 8.15. The molecule has 1 aliphatic rings. The van der Waals surface area contributed by atoms with E-state index in [9.17, 15) is 18.3 Å². The van der Waals surface area contributed by atoms with E-state index in [0.717, 1.165) is 4.31 Å². The van der Waals surface area contributed by atoms with Gasteiger partial charge in [-0.1, -0.05) is 12.1 Å². The topological polar surface area (TPSA) is 95.9 Å². The molecule has 0 aliphatic carbocycles. The average Bonchev–Trinajstić information content (AvgIpc) is 2.79. The number of rotatable bonds is 3. The third kappa shape index (κ3) is 2.80. The molecule has 1 aliphatic heterocycles. The van der Waals surface area contributed by atoms with E-state index in [-0.39, 0.29) is 12.3 Å². The molecule has 0 atom stereocenters. The molecule has 1 heterocycles. The summed E-state index contributed by atoms with van der Waals surface area (Å²) in [6, 6.07) is 11.3. The van der Waals surface area contributed by atoms with E-state index in [2.05, 4.69) is 0 Å². The molecule has 2 aromatic rings. The van der Waals surface area contributed by atoms with E-state index < -0.39 is 16.1 Å². The molecule has 0 aromatic heterocycles. The van der Waals surface area contributed by atoms with Crippen molar-refractivity contribution in [3.8, 4) is 22.6 Å². The molecule has 2 aromatic carbocycles. The maximum atomic E-state index is 12.0. The predicted octanol–water partition coefficient (Wildman–Crippen LogP) is 1.25. The van der Waals surface area contributed by atoms with Crippen LogP contribution in [0.25, 0.3) is 11.1 Å². The van der Waals surface area contributed by atoms with Crippen molar-refractivity contribution in [1.82, 2.24) is 4.72 Å². The highest BCUT2D eigenvalue weighted by atomic mass is 32.2. The summed E-state index contributed by atoms with van der Waals surface area (Å²) >= 11 is 0. The number of benzene rings is 2. The van der Waals surface area contributed by atoms with E-state index in [1.165, 1.54) is 13.2 Å². The molecule has 0 saturated carbocycles. The van der Waals surface area contributed by atoms with Gasteiger partial charge in [-0.15, -0.1) is 0 Å². The molecule has 1 amide bonds. The molecule has 0 radical (unpaired) electrons. The van der Waals surface area contributed by atoms with Gasteiger partial charge in [0, 0.05) is 5.56 Å². The number of aromatic hydroxyl groups is 1. The number of hydrogen-bond acceptors (Lipinski definition) is 5. The van der Waals surface area contributed by atoms with Crippen LogP contribution in [0.15, 0.2) is 42.5 Å². The van der Waals surface area contributed by atoms with Crippen molar-refractivity contribution in [2.24, 2.45) is 0 Å². The molecule has 0 bridgehead atoms. The summed E-state index contributed by atoms with van der Waals surface area (Å²) in [7, 11) is -2.37. The van der Waals surface area contributed by atoms with Gasteiger partial charge in [-0.25, -0.2) is 9.03 Å². The van der Waals surface area contributed by atoms with E-state index >= 15 is 0 Å². The summed E-state index contributed by atoms with van der Waals surface area (Å²) in [4.78, 5) is 11.4. The van der Waals surface area contributed by atoms with Crippen LogP contribution in [0.4, 0.5) is 5.69 Å². The van der Waals surface area contributed by atoms with Gasteiger partial charge in [0.1, 0.15) is 18.0 Å². The lowest BCUT2D eigenvalue weighted by atomic mass is 10.0. The summed E-state index contributed by atoms with van der Waals surface area (Å²) in [5.41, 5.74) is 1.61. The van der Waals surface area contributed by atoms with Crippen LogP contribution in [-0.4, -0.2) is 33.1 Å². The first-order valence-electron chi connectivity index (χ1n) is 6.71. The van der Waals surface area contributed by atoms with E-state index in [1.54, 1.807) is 36.4 Å². The largest absolute Gasteiger partial charge is 0.508 e. The van der Waals surface area contributed by atoms with Crippen molar-refractivity contribution in [3.63, 3.8) is 0 Å². The standard InChI is InChI=1S/C15H14N2O5S/c1-22-14-6-5-11(17-9-15(19)16-23(17,20)21)8-13(14)10-3-2-4-12(18)7-10/h2-8,18H,9H2,1H3,(H,16,19). The number of carbonyl (C=O) groups excluding carboxylic acids is 1. The van der Waals surface area contributed by atoms with Gasteiger partial charge in [-0.3, -0.25) is 4.79 Å². The molecular formula is C15H14N2O5S. The molecule has 23 heavy (non-hydrogen) atoms. The van der Waals surface area contributed by atoms with Crippen LogP contribution in [-0.2, 0) is 15.0 Å². The average molecular weight is 334 g/mol. The Kier molecular flexibility index (Phi) is 3.61. The molecule has 120 valence electrons. The zero-order valence-corrected chi connectivity index (χ0v) is 13.0. The molecule has 0 spiro atoms. The Hall–Kier alpha value is -2.74. The maximum absolute atomic E-state index is 12.0. The van der Waals surface area contributed by atoms with Crippen LogP contribution < -0.4 is 13.8 Å². The predicted molar refractivity (Wildman–Crippen MR) is 84.5 cm³/mol. The first-order chi connectivity index (χ1) is 10.9. The van der Waals surface area contributed by atoms with Crippen molar-refractivity contribution in [3.05, 3.63) is 42.5 Å². The van der Waals surface area contributed by atoms with Gasteiger partial charge >= 0.3 is 10.2 Å². The monoisotopic (exact) mass is 334 g/mol. The Morgan fingerprint density at radius 2 is 2.00 bits per heavy atom. The molecule has 2 N–H and O–H groups in total. The van der Waals surface area contributed by atoms with Crippen LogP contribution in [0.1, 0.15) is 0 Å². The number of methoxy groups -OCH3 is 1. The Morgan fingerprint density at radius 3 is 2.61 bits per heavy atom. The van der Waals surface area contributed by atoms with Crippen LogP contribution in [0, 0.1) is 0 Å². The van der Waals surface area contributed by atoms with Crippen LogP contribution in [0.3, 0.4) is 0 Å². The highest BCUT2D eigenvalue weighted by Crippen LogP contribution is 2.36. The number of nitrogens with one attached hydrogen (secondary N) is 1. The van der Waals surface area contributed by atoms with Crippen molar-refractivity contribution in [2.75, 3.05) is 18.0 Å². The third-order valence-electron chi connectivity index (χ3n) is 3.45. The zero-order valence-electron chi connectivity index (χ0n) is 12.2. The van der Waals surface area contributed by atoms with Gasteiger partial charge in [0.15, 0.2) is 0 Å². The lowest BCUT2D eigenvalue weighted by Crippen LogP contribution is -2.29. The number of phenolic OH excluding ortho intramolecular Hbond substituents is 1. The smallest absolute Gasteiger partial charge is 0.326 e. The number of carbonyl (C=O) groups is 1. The molecule has 1 fully saturated rings. The highest BCUT2D eigenvalue weighted by molar-refractivity contribution is 7.92. The highest BCUT2D eigenvalue weighted by Gasteiger charge is 2.34. The Balaban J connectivity index is 2.12.